The van der Waals surface area contributed by atoms with Crippen molar-refractivity contribution in [2.24, 2.45) is 0 Å². The number of halogens is 2. The summed E-state index contributed by atoms with van der Waals surface area (Å²) in [4.78, 5) is 4.28. The average Bonchev–Trinajstić information content (AvgIpc) is 2.98. The van der Waals surface area contributed by atoms with Crippen molar-refractivity contribution in [1.82, 2.24) is 10.3 Å². The molecule has 0 atom stereocenters. The molecule has 0 spiro atoms. The van der Waals surface area contributed by atoms with Gasteiger partial charge in [-0.1, -0.05) is 13.0 Å². The van der Waals surface area contributed by atoms with Crippen molar-refractivity contribution >= 4 is 0 Å². The number of aryl methyl sites for hydroxylation is 1. The van der Waals surface area contributed by atoms with Crippen molar-refractivity contribution in [1.29, 1.82) is 0 Å². The molecule has 2 rings (SSSR count). The Labute approximate surface area is 114 Å². The molecule has 1 N–H and O–H groups in total. The van der Waals surface area contributed by atoms with Crippen molar-refractivity contribution in [3.63, 3.8) is 0 Å². The van der Waals surface area contributed by atoms with Crippen molar-refractivity contribution in [3.8, 4) is 0 Å². The first-order valence-corrected chi connectivity index (χ1v) is 6.73. The second-order valence-corrected chi connectivity index (χ2v) is 4.32. The lowest BCUT2D eigenvalue weighted by molar-refractivity contribution is 0.145. The maximum atomic E-state index is 11.8. The summed E-state index contributed by atoms with van der Waals surface area (Å²) < 4.78 is 28.5. The van der Waals surface area contributed by atoms with E-state index in [-0.39, 0.29) is 7.97 Å². The number of rotatable bonds is 5. The van der Waals surface area contributed by atoms with Gasteiger partial charge in [0.1, 0.15) is 0 Å². The van der Waals surface area contributed by atoms with Gasteiger partial charge in [0.05, 0.1) is 12.2 Å². The van der Waals surface area contributed by atoms with Gasteiger partial charge in [0.2, 0.25) is 0 Å². The number of ether oxygens (including phenoxy) is 1. The number of hydrogen-bond donors (Lipinski definition) is 1. The van der Waals surface area contributed by atoms with E-state index in [9.17, 15) is 8.78 Å². The van der Waals surface area contributed by atoms with Crippen LogP contribution in [0.4, 0.5) is 8.78 Å². The molecule has 1 aromatic heterocycles. The Morgan fingerprint density at radius 3 is 2.53 bits per heavy atom. The van der Waals surface area contributed by atoms with Crippen molar-refractivity contribution < 1.29 is 14.9 Å². The Hall–Kier alpha value is -1.07. The van der Waals surface area contributed by atoms with Gasteiger partial charge in [-0.05, 0) is 31.4 Å². The summed E-state index contributed by atoms with van der Waals surface area (Å²) >= 11 is 0. The van der Waals surface area contributed by atoms with Crippen molar-refractivity contribution in [2.75, 3.05) is 19.8 Å². The van der Waals surface area contributed by atoms with E-state index in [0.29, 0.717) is 6.54 Å². The van der Waals surface area contributed by atoms with Crippen LogP contribution >= 0.6 is 0 Å². The van der Waals surface area contributed by atoms with Gasteiger partial charge in [0.15, 0.2) is 0 Å². The molecule has 2 heterocycles. The molecule has 3 nitrogen and oxygen atoms in total. The fourth-order valence-corrected chi connectivity index (χ4v) is 1.64. The van der Waals surface area contributed by atoms with Crippen LogP contribution in [-0.2, 0) is 17.7 Å². The molecule has 1 aromatic rings. The number of aromatic nitrogens is 1. The number of nitrogens with zero attached hydrogens (tertiary/aromatic N) is 1. The molecule has 0 amide bonds. The zero-order chi connectivity index (χ0) is 13.9. The third-order valence-electron chi connectivity index (χ3n) is 2.66. The van der Waals surface area contributed by atoms with E-state index < -0.39 is 6.43 Å². The summed E-state index contributed by atoms with van der Waals surface area (Å²) in [5, 5.41) is 2.64. The van der Waals surface area contributed by atoms with E-state index in [1.54, 1.807) is 0 Å². The first-order chi connectivity index (χ1) is 9.22. The molecular weight excluding hydrogens is 250 g/mol. The van der Waals surface area contributed by atoms with Crippen LogP contribution in [0.25, 0.3) is 0 Å². The smallest absolute Gasteiger partial charge is 0.250 e. The minimum Gasteiger partial charge on any atom is -0.381 e. The van der Waals surface area contributed by atoms with Gasteiger partial charge < -0.3 is 10.1 Å². The molecule has 19 heavy (non-hydrogen) atoms. The fourth-order valence-electron chi connectivity index (χ4n) is 1.64. The Kier molecular flexibility index (Phi) is 8.25. The highest BCUT2D eigenvalue weighted by Gasteiger charge is 2.01. The van der Waals surface area contributed by atoms with E-state index in [1.165, 1.54) is 12.8 Å². The minimum atomic E-state index is -2.30. The van der Waals surface area contributed by atoms with Gasteiger partial charge in [-0.25, -0.2) is 8.78 Å². The second kappa shape index (κ2) is 9.81. The molecule has 0 aromatic carbocycles. The Morgan fingerprint density at radius 2 is 2.00 bits per heavy atom. The van der Waals surface area contributed by atoms with E-state index in [0.717, 1.165) is 31.0 Å². The number of alkyl halides is 2. The van der Waals surface area contributed by atoms with E-state index in [1.807, 2.05) is 25.1 Å². The summed E-state index contributed by atoms with van der Waals surface area (Å²) in [7, 11) is 0. The fraction of sp³-hybridized carbons (Fsp3) is 0.643. The maximum absolute atomic E-state index is 11.8. The Morgan fingerprint density at radius 1 is 1.32 bits per heavy atom. The van der Waals surface area contributed by atoms with Crippen LogP contribution in [0.15, 0.2) is 18.2 Å². The molecule has 110 valence electrons. The van der Waals surface area contributed by atoms with Gasteiger partial charge in [-0.2, -0.15) is 0 Å². The van der Waals surface area contributed by atoms with Gasteiger partial charge in [-0.3, -0.25) is 4.98 Å². The summed E-state index contributed by atoms with van der Waals surface area (Å²) in [6.07, 6.45) is 1.12. The molecule has 5 heteroatoms. The molecule has 0 aliphatic carbocycles. The molecular formula is C14H24F2N2O. The molecule has 1 aliphatic rings. The SMILES string of the molecule is C1CCOC1.CCc1cccc(CNCC(F)F)n1.[HH]. The van der Waals surface area contributed by atoms with Gasteiger partial charge in [0.25, 0.3) is 6.43 Å². The Bertz CT molecular complexity index is 342. The molecule has 0 bridgehead atoms. The van der Waals surface area contributed by atoms with Gasteiger partial charge >= 0.3 is 0 Å². The van der Waals surface area contributed by atoms with E-state index in [4.69, 9.17) is 4.74 Å². The van der Waals surface area contributed by atoms with Crippen LogP contribution in [0.3, 0.4) is 0 Å². The largest absolute Gasteiger partial charge is 0.381 e. The highest BCUT2D eigenvalue weighted by molar-refractivity contribution is 5.10. The molecule has 0 radical (unpaired) electrons. The standard InChI is InChI=1S/C10H14F2N2.C4H8O.H2/c1-2-8-4-3-5-9(14-8)6-13-7-10(11)12;1-2-4-5-3-1;/h3-5,10,13H,2,6-7H2,1H3;1-4H2;1H. The van der Waals surface area contributed by atoms with Crippen LogP contribution in [0.1, 0.15) is 32.6 Å². The molecule has 0 unspecified atom stereocenters. The molecule has 1 aliphatic heterocycles. The molecule has 0 saturated carbocycles. The normalized spacial score (nSPS) is 14.3. The third kappa shape index (κ3) is 7.85. The quantitative estimate of drug-likeness (QED) is 0.896. The lowest BCUT2D eigenvalue weighted by atomic mass is 10.2. The molecule has 1 saturated heterocycles. The number of pyridine rings is 1. The zero-order valence-corrected chi connectivity index (χ0v) is 11.4. The highest BCUT2D eigenvalue weighted by Crippen LogP contribution is 2.00. The van der Waals surface area contributed by atoms with Crippen LogP contribution in [0.5, 0.6) is 0 Å². The summed E-state index contributed by atoms with van der Waals surface area (Å²) in [5.41, 5.74) is 1.80. The number of nitrogens with one attached hydrogen (secondary N) is 1. The van der Waals surface area contributed by atoms with E-state index in [2.05, 4.69) is 10.3 Å². The van der Waals surface area contributed by atoms with Gasteiger partial charge in [-0.15, -0.1) is 0 Å². The van der Waals surface area contributed by atoms with Gasteiger partial charge in [0, 0.05) is 26.9 Å². The summed E-state index contributed by atoms with van der Waals surface area (Å²) in [5.74, 6) is 0. The maximum Gasteiger partial charge on any atom is 0.250 e. The highest BCUT2D eigenvalue weighted by atomic mass is 19.3. The van der Waals surface area contributed by atoms with Crippen molar-refractivity contribution in [3.05, 3.63) is 29.6 Å². The first kappa shape index (κ1) is 16.0. The monoisotopic (exact) mass is 274 g/mol. The zero-order valence-electron chi connectivity index (χ0n) is 11.4. The lowest BCUT2D eigenvalue weighted by Gasteiger charge is -2.04. The first-order valence-electron chi connectivity index (χ1n) is 6.73. The third-order valence-corrected chi connectivity index (χ3v) is 2.66. The predicted octanol–water partition coefficient (Wildman–Crippen LogP) is 3.04. The summed E-state index contributed by atoms with van der Waals surface area (Å²) in [6, 6.07) is 5.65. The van der Waals surface area contributed by atoms with E-state index >= 15 is 0 Å². The van der Waals surface area contributed by atoms with Crippen LogP contribution in [0, 0.1) is 0 Å². The molecule has 1 fully saturated rings. The minimum absolute atomic E-state index is 0. The summed E-state index contributed by atoms with van der Waals surface area (Å²) in [6.45, 7) is 4.13. The number of hydrogen-bond acceptors (Lipinski definition) is 3. The average molecular weight is 274 g/mol. The second-order valence-electron chi connectivity index (χ2n) is 4.32. The van der Waals surface area contributed by atoms with Crippen LogP contribution in [-0.4, -0.2) is 31.2 Å². The predicted molar refractivity (Wildman–Crippen MR) is 73.5 cm³/mol. The van der Waals surface area contributed by atoms with Crippen LogP contribution < -0.4 is 5.32 Å². The lowest BCUT2D eigenvalue weighted by Crippen LogP contribution is -2.21. The van der Waals surface area contributed by atoms with Crippen molar-refractivity contribution in [2.45, 2.75) is 39.2 Å². The topological polar surface area (TPSA) is 34.1 Å². The Balaban J connectivity index is 0.000000507. The van der Waals surface area contributed by atoms with Crippen LogP contribution in [0.2, 0.25) is 0 Å².